The maximum absolute atomic E-state index is 11.6. The van der Waals surface area contributed by atoms with Gasteiger partial charge in [-0.2, -0.15) is 11.8 Å². The Kier molecular flexibility index (Phi) is 7.11. The number of hydrogen-bond acceptors (Lipinski definition) is 4. The van der Waals surface area contributed by atoms with E-state index in [1.807, 2.05) is 24.3 Å². The van der Waals surface area contributed by atoms with Crippen LogP contribution in [0.25, 0.3) is 0 Å². The number of anilines is 1. The van der Waals surface area contributed by atoms with Crippen LogP contribution in [-0.2, 0) is 14.3 Å². The summed E-state index contributed by atoms with van der Waals surface area (Å²) in [6, 6.07) is 7.60. The number of methoxy groups -OCH3 is 1. The van der Waals surface area contributed by atoms with Gasteiger partial charge in [-0.1, -0.05) is 6.07 Å². The lowest BCUT2D eigenvalue weighted by Gasteiger charge is -2.05. The molecule has 0 bridgehead atoms. The zero-order chi connectivity index (χ0) is 13.4. The molecule has 4 nitrogen and oxygen atoms in total. The van der Waals surface area contributed by atoms with Gasteiger partial charge in [-0.25, -0.2) is 0 Å². The third-order valence-electron chi connectivity index (χ3n) is 2.02. The standard InChI is InChI=1S/C12H14INO3S/c1-17-12(16)5-6-18-8-11(15)14-10-4-2-3-9(13)7-10/h2-4,7H,5-6,8H2,1H3,(H,14,15). The summed E-state index contributed by atoms with van der Waals surface area (Å²) in [6.45, 7) is 0. The average Bonchev–Trinajstić information content (AvgIpc) is 2.34. The second kappa shape index (κ2) is 8.36. The molecule has 1 N–H and O–H groups in total. The van der Waals surface area contributed by atoms with Crippen molar-refractivity contribution in [2.24, 2.45) is 0 Å². The van der Waals surface area contributed by atoms with E-state index in [2.05, 4.69) is 32.6 Å². The van der Waals surface area contributed by atoms with Crippen molar-refractivity contribution in [3.63, 3.8) is 0 Å². The molecule has 0 aliphatic rings. The van der Waals surface area contributed by atoms with Crippen LogP contribution in [0, 0.1) is 3.57 Å². The molecular formula is C12H14INO3S. The lowest BCUT2D eigenvalue weighted by molar-refractivity contribution is -0.140. The fourth-order valence-corrected chi connectivity index (χ4v) is 2.44. The number of esters is 1. The molecule has 0 atom stereocenters. The Bertz CT molecular complexity index is 426. The van der Waals surface area contributed by atoms with Crippen LogP contribution in [-0.4, -0.2) is 30.5 Å². The van der Waals surface area contributed by atoms with Crippen LogP contribution in [0.4, 0.5) is 5.69 Å². The smallest absolute Gasteiger partial charge is 0.306 e. The highest BCUT2D eigenvalue weighted by molar-refractivity contribution is 14.1. The van der Waals surface area contributed by atoms with Crippen molar-refractivity contribution in [2.75, 3.05) is 23.9 Å². The SMILES string of the molecule is COC(=O)CCSCC(=O)Nc1cccc(I)c1. The summed E-state index contributed by atoms with van der Waals surface area (Å²) in [5.74, 6) is 0.613. The number of rotatable bonds is 6. The number of thioether (sulfide) groups is 1. The molecular weight excluding hydrogens is 365 g/mol. The third-order valence-corrected chi connectivity index (χ3v) is 3.65. The predicted molar refractivity (Wildman–Crippen MR) is 81.7 cm³/mol. The van der Waals surface area contributed by atoms with E-state index in [4.69, 9.17) is 0 Å². The van der Waals surface area contributed by atoms with Crippen LogP contribution in [0.15, 0.2) is 24.3 Å². The number of amides is 1. The molecule has 0 radical (unpaired) electrons. The van der Waals surface area contributed by atoms with Crippen molar-refractivity contribution in [1.29, 1.82) is 0 Å². The normalized spacial score (nSPS) is 9.89. The molecule has 0 aromatic heterocycles. The van der Waals surface area contributed by atoms with Crippen molar-refractivity contribution in [3.8, 4) is 0 Å². The van der Waals surface area contributed by atoms with Crippen molar-refractivity contribution >= 4 is 51.9 Å². The summed E-state index contributed by atoms with van der Waals surface area (Å²) in [5.41, 5.74) is 0.792. The van der Waals surface area contributed by atoms with Gasteiger partial charge >= 0.3 is 5.97 Å². The number of nitrogens with one attached hydrogen (secondary N) is 1. The van der Waals surface area contributed by atoms with Gasteiger partial charge in [0.1, 0.15) is 0 Å². The third kappa shape index (κ3) is 6.25. The van der Waals surface area contributed by atoms with Gasteiger partial charge in [0.15, 0.2) is 0 Å². The summed E-state index contributed by atoms with van der Waals surface area (Å²) >= 11 is 3.60. The average molecular weight is 379 g/mol. The number of ether oxygens (including phenoxy) is 1. The van der Waals surface area contributed by atoms with E-state index in [1.54, 1.807) is 0 Å². The first-order valence-electron chi connectivity index (χ1n) is 5.32. The van der Waals surface area contributed by atoms with Gasteiger partial charge in [-0.3, -0.25) is 9.59 Å². The molecule has 0 saturated carbocycles. The molecule has 0 aliphatic carbocycles. The highest BCUT2D eigenvalue weighted by Crippen LogP contribution is 2.13. The topological polar surface area (TPSA) is 55.4 Å². The van der Waals surface area contributed by atoms with Crippen LogP contribution >= 0.6 is 34.4 Å². The maximum atomic E-state index is 11.6. The van der Waals surface area contributed by atoms with Gasteiger partial charge in [0.2, 0.25) is 5.91 Å². The Morgan fingerprint density at radius 3 is 2.89 bits per heavy atom. The lowest BCUT2D eigenvalue weighted by atomic mass is 10.3. The molecule has 1 aromatic carbocycles. The predicted octanol–water partition coefficient (Wildman–Crippen LogP) is 2.53. The fraction of sp³-hybridized carbons (Fsp3) is 0.333. The molecule has 1 aromatic rings. The Morgan fingerprint density at radius 2 is 2.22 bits per heavy atom. The van der Waals surface area contributed by atoms with Gasteiger partial charge in [-0.15, -0.1) is 0 Å². The summed E-state index contributed by atoms with van der Waals surface area (Å²) in [5, 5.41) is 2.80. The molecule has 0 fully saturated rings. The number of hydrogen-bond donors (Lipinski definition) is 1. The van der Waals surface area contributed by atoms with E-state index >= 15 is 0 Å². The van der Waals surface area contributed by atoms with Gasteiger partial charge in [0, 0.05) is 15.0 Å². The second-order valence-electron chi connectivity index (χ2n) is 3.44. The molecule has 0 spiro atoms. The minimum atomic E-state index is -0.250. The number of carbonyl (C=O) groups is 2. The molecule has 1 amide bonds. The van der Waals surface area contributed by atoms with Gasteiger partial charge < -0.3 is 10.1 Å². The Hall–Kier alpha value is -0.760. The van der Waals surface area contributed by atoms with E-state index in [0.717, 1.165) is 9.26 Å². The van der Waals surface area contributed by atoms with E-state index in [1.165, 1.54) is 18.9 Å². The first-order valence-corrected chi connectivity index (χ1v) is 7.55. The zero-order valence-electron chi connectivity index (χ0n) is 9.94. The van der Waals surface area contributed by atoms with Crippen molar-refractivity contribution in [1.82, 2.24) is 0 Å². The van der Waals surface area contributed by atoms with Gasteiger partial charge in [-0.05, 0) is 40.8 Å². The summed E-state index contributed by atoms with van der Waals surface area (Å²) in [7, 11) is 1.36. The molecule has 98 valence electrons. The van der Waals surface area contributed by atoms with Crippen LogP contribution in [0.3, 0.4) is 0 Å². The lowest BCUT2D eigenvalue weighted by Crippen LogP contribution is -2.14. The highest BCUT2D eigenvalue weighted by Gasteiger charge is 2.04. The van der Waals surface area contributed by atoms with Crippen LogP contribution in [0.2, 0.25) is 0 Å². The summed E-state index contributed by atoms with van der Waals surface area (Å²) < 4.78 is 5.59. The van der Waals surface area contributed by atoms with Crippen molar-refractivity contribution in [2.45, 2.75) is 6.42 Å². The molecule has 0 unspecified atom stereocenters. The van der Waals surface area contributed by atoms with E-state index in [9.17, 15) is 9.59 Å². The first-order chi connectivity index (χ1) is 8.61. The maximum Gasteiger partial charge on any atom is 0.306 e. The molecule has 0 heterocycles. The summed E-state index contributed by atoms with van der Waals surface area (Å²) in [6.07, 6.45) is 0.331. The second-order valence-corrected chi connectivity index (χ2v) is 5.79. The van der Waals surface area contributed by atoms with Crippen LogP contribution < -0.4 is 5.32 Å². The quantitative estimate of drug-likeness (QED) is 0.469. The molecule has 1 rings (SSSR count). The van der Waals surface area contributed by atoms with Crippen molar-refractivity contribution < 1.29 is 14.3 Å². The molecule has 0 saturated heterocycles. The number of benzene rings is 1. The minimum Gasteiger partial charge on any atom is -0.469 e. The van der Waals surface area contributed by atoms with E-state index < -0.39 is 0 Å². The Labute approximate surface area is 124 Å². The van der Waals surface area contributed by atoms with Gasteiger partial charge in [0.25, 0.3) is 0 Å². The monoisotopic (exact) mass is 379 g/mol. The summed E-state index contributed by atoms with van der Waals surface area (Å²) in [4.78, 5) is 22.4. The zero-order valence-corrected chi connectivity index (χ0v) is 12.9. The van der Waals surface area contributed by atoms with Crippen molar-refractivity contribution in [3.05, 3.63) is 27.8 Å². The first kappa shape index (κ1) is 15.3. The minimum absolute atomic E-state index is 0.0631. The fourth-order valence-electron chi connectivity index (χ4n) is 1.19. The molecule has 6 heteroatoms. The number of carbonyl (C=O) groups excluding carboxylic acids is 2. The van der Waals surface area contributed by atoms with E-state index in [-0.39, 0.29) is 11.9 Å². The Balaban J connectivity index is 2.24. The van der Waals surface area contributed by atoms with Crippen LogP contribution in [0.5, 0.6) is 0 Å². The van der Waals surface area contributed by atoms with E-state index in [0.29, 0.717) is 17.9 Å². The molecule has 0 aliphatic heterocycles. The Morgan fingerprint density at radius 1 is 1.44 bits per heavy atom. The molecule has 18 heavy (non-hydrogen) atoms. The highest BCUT2D eigenvalue weighted by atomic mass is 127. The largest absolute Gasteiger partial charge is 0.469 e. The van der Waals surface area contributed by atoms with Crippen LogP contribution in [0.1, 0.15) is 6.42 Å². The van der Waals surface area contributed by atoms with Gasteiger partial charge in [0.05, 0.1) is 19.3 Å². The number of halogens is 1.